The average Bonchev–Trinajstić information content (AvgIpc) is 3.51. The van der Waals surface area contributed by atoms with Crippen LogP contribution in [0.1, 0.15) is 58.3 Å². The molecule has 2 heterocycles. The maximum absolute atomic E-state index is 13.3. The zero-order chi connectivity index (χ0) is 34.4. The number of halogens is 3. The van der Waals surface area contributed by atoms with E-state index in [0.29, 0.717) is 31.6 Å². The van der Waals surface area contributed by atoms with E-state index in [1.807, 2.05) is 61.3 Å². The molecule has 1 atom stereocenters. The summed E-state index contributed by atoms with van der Waals surface area (Å²) in [5, 5.41) is 15.1. The lowest BCUT2D eigenvalue weighted by Crippen LogP contribution is -2.46. The van der Waals surface area contributed by atoms with Crippen LogP contribution in [0.5, 0.6) is 5.75 Å². The number of anilines is 1. The van der Waals surface area contributed by atoms with E-state index in [1.165, 1.54) is 12.1 Å². The average molecular weight is 663 g/mol. The zero-order valence-corrected chi connectivity index (χ0v) is 26.7. The number of amides is 2. The molecule has 4 aromatic rings. The Morgan fingerprint density at radius 1 is 1.06 bits per heavy atom. The molecular weight excluding hydrogens is 625 g/mol. The van der Waals surface area contributed by atoms with Crippen LogP contribution in [0.3, 0.4) is 0 Å². The summed E-state index contributed by atoms with van der Waals surface area (Å²) in [7, 11) is 0. The summed E-state index contributed by atoms with van der Waals surface area (Å²) in [6.07, 6.45) is -0.0404. The normalized spacial score (nSPS) is 13.5. The largest absolute Gasteiger partial charge is 0.493 e. The summed E-state index contributed by atoms with van der Waals surface area (Å²) in [5.74, 6) is -1.82. The van der Waals surface area contributed by atoms with Crippen LogP contribution in [-0.2, 0) is 22.6 Å². The van der Waals surface area contributed by atoms with Crippen LogP contribution >= 0.6 is 0 Å². The van der Waals surface area contributed by atoms with E-state index in [1.54, 1.807) is 28.3 Å². The lowest BCUT2D eigenvalue weighted by molar-refractivity contribution is -0.165. The highest BCUT2D eigenvalue weighted by Crippen LogP contribution is 2.36. The first-order chi connectivity index (χ1) is 22.9. The predicted molar refractivity (Wildman–Crippen MR) is 174 cm³/mol. The molecule has 0 spiro atoms. The van der Waals surface area contributed by atoms with Crippen molar-refractivity contribution in [2.45, 2.75) is 64.7 Å². The Hall–Kier alpha value is -5.13. The monoisotopic (exact) mass is 662 g/mol. The molecule has 9 nitrogen and oxygen atoms in total. The van der Waals surface area contributed by atoms with E-state index in [4.69, 9.17) is 9.84 Å². The van der Waals surface area contributed by atoms with E-state index in [2.05, 4.69) is 5.10 Å². The van der Waals surface area contributed by atoms with Gasteiger partial charge in [-0.2, -0.15) is 18.3 Å². The quantitative estimate of drug-likeness (QED) is 0.168. The van der Waals surface area contributed by atoms with Crippen LogP contribution in [0.15, 0.2) is 73.1 Å². The molecule has 0 bridgehead atoms. The minimum Gasteiger partial charge on any atom is -0.493 e. The van der Waals surface area contributed by atoms with E-state index < -0.39 is 30.5 Å². The molecule has 12 heteroatoms. The summed E-state index contributed by atoms with van der Waals surface area (Å²) in [5.41, 5.74) is 6.58. The van der Waals surface area contributed by atoms with Gasteiger partial charge in [0.05, 0.1) is 25.8 Å². The second-order valence-corrected chi connectivity index (χ2v) is 11.9. The zero-order valence-electron chi connectivity index (χ0n) is 26.7. The van der Waals surface area contributed by atoms with Crippen molar-refractivity contribution in [2.75, 3.05) is 18.1 Å². The number of carbonyl (C=O) groups is 3. The Morgan fingerprint density at radius 2 is 1.83 bits per heavy atom. The second kappa shape index (κ2) is 14.7. The maximum atomic E-state index is 13.3. The molecule has 0 aliphatic carbocycles. The van der Waals surface area contributed by atoms with E-state index in [9.17, 15) is 27.6 Å². The number of hydrogen-bond donors (Lipinski definition) is 2. The fourth-order valence-corrected chi connectivity index (χ4v) is 5.83. The third kappa shape index (κ3) is 8.23. The first kappa shape index (κ1) is 34.2. The highest BCUT2D eigenvalue weighted by Gasteiger charge is 2.42. The van der Waals surface area contributed by atoms with Crippen LogP contribution in [-0.4, -0.2) is 58.0 Å². The molecular formula is C36H37F3N4O5. The predicted octanol–water partition coefficient (Wildman–Crippen LogP) is 6.49. The minimum atomic E-state index is -4.91. The van der Waals surface area contributed by atoms with Gasteiger partial charge >= 0.3 is 12.1 Å². The molecule has 5 rings (SSSR count). The lowest BCUT2D eigenvalue weighted by atomic mass is 9.93. The van der Waals surface area contributed by atoms with Crippen molar-refractivity contribution in [2.24, 2.45) is 0 Å². The summed E-state index contributed by atoms with van der Waals surface area (Å²) < 4.78 is 47.4. The number of carbonyl (C=O) groups excluding carboxylic acids is 2. The third-order valence-electron chi connectivity index (χ3n) is 8.46. The Bertz CT molecular complexity index is 1800. The second-order valence-electron chi connectivity index (χ2n) is 11.9. The first-order valence-electron chi connectivity index (χ1n) is 15.7. The van der Waals surface area contributed by atoms with Crippen LogP contribution < -0.4 is 15.0 Å². The molecule has 0 fully saturated rings. The number of aryl methyl sites for hydroxylation is 1. The van der Waals surface area contributed by atoms with Crippen molar-refractivity contribution < 1.29 is 37.4 Å². The fourth-order valence-electron chi connectivity index (χ4n) is 5.83. The number of aromatic nitrogens is 2. The van der Waals surface area contributed by atoms with Crippen molar-refractivity contribution in [1.29, 1.82) is 0 Å². The molecule has 2 amide bonds. The summed E-state index contributed by atoms with van der Waals surface area (Å²) >= 11 is 0. The summed E-state index contributed by atoms with van der Waals surface area (Å²) in [6.45, 7) is 5.38. The Labute approximate surface area is 276 Å². The van der Waals surface area contributed by atoms with Crippen LogP contribution in [0.2, 0.25) is 0 Å². The van der Waals surface area contributed by atoms with Gasteiger partial charge in [-0.1, -0.05) is 36.4 Å². The number of carboxylic acids is 1. The van der Waals surface area contributed by atoms with Crippen LogP contribution in [0.4, 0.5) is 18.9 Å². The molecule has 1 aromatic heterocycles. The number of hydrogen-bond acceptors (Lipinski definition) is 5. The number of nitrogens with zero attached hydrogens (tertiary/aromatic N) is 3. The van der Waals surface area contributed by atoms with Crippen LogP contribution in [0.25, 0.3) is 11.1 Å². The molecule has 1 aliphatic rings. The maximum Gasteiger partial charge on any atom is 0.409 e. The van der Waals surface area contributed by atoms with Crippen molar-refractivity contribution in [3.8, 4) is 16.9 Å². The van der Waals surface area contributed by atoms with Gasteiger partial charge in [-0.3, -0.25) is 19.1 Å². The molecule has 0 saturated carbocycles. The van der Waals surface area contributed by atoms with E-state index in [-0.39, 0.29) is 18.0 Å². The van der Waals surface area contributed by atoms with Gasteiger partial charge in [-0.15, -0.1) is 0 Å². The Balaban J connectivity index is 1.24. The molecule has 2 N–H and O–H groups in total. The summed E-state index contributed by atoms with van der Waals surface area (Å²) in [6, 6.07) is 15.4. The number of rotatable bonds is 12. The topological polar surface area (TPSA) is 114 Å². The first-order valence-corrected chi connectivity index (χ1v) is 15.7. The van der Waals surface area contributed by atoms with E-state index >= 15 is 0 Å². The number of nitrogens with one attached hydrogen (secondary N) is 1. The van der Waals surface area contributed by atoms with Gasteiger partial charge in [0.15, 0.2) is 0 Å². The van der Waals surface area contributed by atoms with Crippen molar-refractivity contribution in [3.63, 3.8) is 0 Å². The van der Waals surface area contributed by atoms with Crippen LogP contribution in [0, 0.1) is 13.8 Å². The minimum absolute atomic E-state index is 0.0294. The molecule has 0 radical (unpaired) electrons. The molecule has 1 aliphatic heterocycles. The van der Waals surface area contributed by atoms with Gasteiger partial charge in [-0.25, -0.2) is 0 Å². The number of fused-ring (bicyclic) bond motifs is 1. The highest BCUT2D eigenvalue weighted by molar-refractivity contribution is 5.96. The van der Waals surface area contributed by atoms with Crippen molar-refractivity contribution in [1.82, 2.24) is 15.1 Å². The third-order valence-corrected chi connectivity index (χ3v) is 8.46. The SMILES string of the molecule is Cc1cccc(OCCCC(=O)N2CCCc3c(-c4cnn(Cc5cccc(C(=O)NC(CC(=O)O)C(F)(F)F)c5)c4)cccc32)c1C. The van der Waals surface area contributed by atoms with Crippen molar-refractivity contribution in [3.05, 3.63) is 101 Å². The molecule has 3 aromatic carbocycles. The lowest BCUT2D eigenvalue weighted by Gasteiger charge is -2.31. The van der Waals surface area contributed by atoms with E-state index in [0.717, 1.165) is 52.1 Å². The van der Waals surface area contributed by atoms with Gasteiger partial charge in [0.1, 0.15) is 11.8 Å². The van der Waals surface area contributed by atoms with Crippen molar-refractivity contribution >= 4 is 23.5 Å². The van der Waals surface area contributed by atoms with Gasteiger partial charge in [-0.05, 0) is 85.2 Å². The van der Waals surface area contributed by atoms with Gasteiger partial charge < -0.3 is 20.1 Å². The highest BCUT2D eigenvalue weighted by atomic mass is 19.4. The molecule has 0 saturated heterocycles. The number of aliphatic carboxylic acids is 1. The number of alkyl halides is 3. The summed E-state index contributed by atoms with van der Waals surface area (Å²) in [4.78, 5) is 38.6. The fraction of sp³-hybridized carbons (Fsp3) is 0.333. The number of ether oxygens (including phenoxy) is 1. The molecule has 48 heavy (non-hydrogen) atoms. The standard InChI is InChI=1S/C36H37F3N4O5/c1-23-8-3-14-31(24(23)2)48-17-7-15-33(44)43-16-6-12-29-28(11-5-13-30(29)43)27-20-40-42(22-27)21-25-9-4-10-26(18-25)35(47)41-32(19-34(45)46)36(37,38)39/h3-5,8-11,13-14,18,20,22,32H,6-7,12,15-17,19,21H2,1-2H3,(H,41,47)(H,45,46). The molecule has 252 valence electrons. The number of carboxylic acid groups (broad SMARTS) is 1. The Morgan fingerprint density at radius 3 is 2.60 bits per heavy atom. The smallest absolute Gasteiger partial charge is 0.409 e. The Kier molecular flexibility index (Phi) is 10.5. The van der Waals surface area contributed by atoms with Gasteiger partial charge in [0.2, 0.25) is 5.91 Å². The van der Waals surface area contributed by atoms with Gasteiger partial charge in [0.25, 0.3) is 5.91 Å². The molecule has 1 unspecified atom stereocenters. The van der Waals surface area contributed by atoms with Gasteiger partial charge in [0, 0.05) is 36.0 Å². The number of benzene rings is 3.